The lowest BCUT2D eigenvalue weighted by molar-refractivity contribution is -0.277. The van der Waals surface area contributed by atoms with Gasteiger partial charge in [0.2, 0.25) is 76.2 Å². The Morgan fingerprint density at radius 3 is 1.04 bits per heavy atom. The maximum atomic E-state index is 14.3. The number of nitrogens with one attached hydrogen (secondary N) is 7. The first-order valence-electron chi connectivity index (χ1n) is 38.6. The Labute approximate surface area is 696 Å². The van der Waals surface area contributed by atoms with E-state index >= 15 is 0 Å². The average Bonchev–Trinajstić information content (AvgIpc) is 0.766. The third-order valence-corrected chi connectivity index (χ3v) is 18.6. The second-order valence-electron chi connectivity index (χ2n) is 27.8. The van der Waals surface area contributed by atoms with E-state index in [1.165, 1.54) is 0 Å². The monoisotopic (exact) mass is 1760 g/mol. The van der Waals surface area contributed by atoms with Crippen molar-refractivity contribution in [2.75, 3.05) is 64.2 Å². The molecule has 0 spiro atoms. The topological polar surface area (TPSA) is 522 Å². The largest absolute Gasteiger partial charge is 0.463 e. The Kier molecular flexibility index (Phi) is 45.3. The summed E-state index contributed by atoms with van der Waals surface area (Å²) in [5.74, 6) is -27.2. The van der Waals surface area contributed by atoms with Gasteiger partial charge in [0.05, 0.1) is 6.04 Å². The number of halogens is 5. The van der Waals surface area contributed by atoms with Crippen molar-refractivity contribution in [3.8, 4) is 5.75 Å². The number of ether oxygens (including phenoxy) is 16. The number of unbranched alkanes of at least 4 members (excludes halogenated alkanes) is 5. The fraction of sp³-hybridized carbons (Fsp3) is 0.693. The number of benzene rings is 1. The number of thioether (sulfide) groups is 1. The number of amides is 7. The van der Waals surface area contributed by atoms with E-state index in [0.29, 0.717) is 0 Å². The smallest absolute Gasteiger partial charge is 0.311 e. The molecule has 3 saturated heterocycles. The van der Waals surface area contributed by atoms with Crippen molar-refractivity contribution in [2.45, 2.75) is 271 Å². The molecule has 46 heteroatoms. The van der Waals surface area contributed by atoms with E-state index in [2.05, 4.69) is 42.0 Å². The van der Waals surface area contributed by atoms with Crippen LogP contribution in [-0.4, -0.2) is 269 Å². The molecule has 0 radical (unpaired) electrons. The maximum Gasteiger partial charge on any atom is 0.311 e. The van der Waals surface area contributed by atoms with E-state index in [0.717, 1.165) is 94.8 Å². The van der Waals surface area contributed by atoms with Gasteiger partial charge in [-0.05, 0) is 51.4 Å². The van der Waals surface area contributed by atoms with Crippen molar-refractivity contribution in [3.63, 3.8) is 0 Å². The molecule has 4 rings (SSSR count). The van der Waals surface area contributed by atoms with E-state index < -0.39 is 266 Å². The third kappa shape index (κ3) is 37.5. The fourth-order valence-corrected chi connectivity index (χ4v) is 13.5. The van der Waals surface area contributed by atoms with E-state index in [9.17, 15) is 103 Å². The zero-order valence-electron chi connectivity index (χ0n) is 68.8. The highest BCUT2D eigenvalue weighted by molar-refractivity contribution is 7.99. The standard InChI is InChI=1S/C75H106F5N7O33S/c1-36(88)83-62-69(114-45(10)97)65(111-42(7)94)50(31-108-39(4)91)117-73(62)105-27-19-15-22-53(100)82-30-48(86-54(101)23-16-20-28-106-74-63(84-37(2)89)70(115-46(11)98)66(112-43(8)95)51(118-74)32-109-40(5)92)34-121-35-49(72(104)81-26-18-13-14-25-56(103)120-68-60(79)58(77)57(76)59(78)61(68)80)87-55(102)24-17-21-29-107-75-64(85-38(3)90)71(116-47(12)99)67(113-44(9)96)52(119-75)33-110-41(6)93/h48-52,62-67,69-71,73-75H,13-35H2,1-12H3,(H,81,104)(H,82,100)(H,83,88)(H,84,89)(H,85,90)(H,86,101)(H,87,102)/t48-,49-,50+,51+,52+,62+,63+,64+,65-,66-,67-,69+,70+,71+,73+,74+,75+/m0/s1. The van der Waals surface area contributed by atoms with Crippen LogP contribution in [0.2, 0.25) is 0 Å². The maximum absolute atomic E-state index is 14.3. The molecule has 1 aromatic rings. The van der Waals surface area contributed by atoms with Crippen molar-refractivity contribution < 1.29 is 179 Å². The minimum absolute atomic E-state index is 0.0501. The van der Waals surface area contributed by atoms with Crippen molar-refractivity contribution in [1.29, 1.82) is 0 Å². The molecule has 3 fully saturated rings. The van der Waals surface area contributed by atoms with Crippen LogP contribution in [-0.2, 0) is 153 Å². The van der Waals surface area contributed by atoms with Crippen LogP contribution in [0.3, 0.4) is 0 Å². The SMILES string of the molecule is CC(=O)N[C@H]1[C@H](OCCCCC(=O)NC[C@@H](CSC[C@H](NC(=O)CCCCO[C@@H]2O[C@H](COC(C)=O)[C@H](OC(C)=O)[C@H](OC(C)=O)[C@H]2NC(C)=O)C(=O)NCCCCCC(=O)Oc2c(F)c(F)c(F)c(F)c2F)NC(=O)CCCCO[C@@H]2O[C@H](COC(C)=O)[C@H](OC(C)=O)[C@H](OC(C)=O)[C@H]2NC(C)=O)O[C@H](COC(C)=O)[C@H](OC(C)=O)[C@@H]1OC(C)=O. The molecule has 121 heavy (non-hydrogen) atoms. The van der Waals surface area contributed by atoms with Crippen molar-refractivity contribution >= 4 is 113 Å². The minimum atomic E-state index is -2.47. The Morgan fingerprint density at radius 2 is 0.694 bits per heavy atom. The molecule has 0 aromatic heterocycles. The molecule has 0 bridgehead atoms. The van der Waals surface area contributed by atoms with E-state index in [4.69, 9.17) is 71.1 Å². The lowest BCUT2D eigenvalue weighted by atomic mass is 9.96. The normalized spacial score (nSPS) is 22.8. The van der Waals surface area contributed by atoms with Gasteiger partial charge in [0.25, 0.3) is 0 Å². The number of hydrogen-bond donors (Lipinski definition) is 7. The Bertz CT molecular complexity index is 3730. The molecule has 7 N–H and O–H groups in total. The summed E-state index contributed by atoms with van der Waals surface area (Å²) < 4.78 is 159. The lowest BCUT2D eigenvalue weighted by Crippen LogP contribution is -2.66. The number of hydrogen-bond acceptors (Lipinski definition) is 34. The predicted octanol–water partition coefficient (Wildman–Crippen LogP) is 1.31. The molecular weight excluding hydrogens is 1650 g/mol. The Balaban J connectivity index is 1.57. The molecular formula is C75H106F5N7O33S. The third-order valence-electron chi connectivity index (χ3n) is 17.4. The van der Waals surface area contributed by atoms with Crippen LogP contribution in [0.15, 0.2) is 0 Å². The number of rotatable bonds is 49. The quantitative estimate of drug-likeness (QED) is 0.00919. The van der Waals surface area contributed by atoms with Gasteiger partial charge in [-0.3, -0.25) is 81.5 Å². The first kappa shape index (κ1) is 103. The van der Waals surface area contributed by atoms with Gasteiger partial charge in [0.15, 0.2) is 55.5 Å². The zero-order valence-corrected chi connectivity index (χ0v) is 69.7. The fourth-order valence-electron chi connectivity index (χ4n) is 12.4. The summed E-state index contributed by atoms with van der Waals surface area (Å²) in [4.78, 5) is 215. The van der Waals surface area contributed by atoms with Gasteiger partial charge < -0.3 is 113 Å². The number of esters is 10. The minimum Gasteiger partial charge on any atom is -0.463 e. The van der Waals surface area contributed by atoms with E-state index in [-0.39, 0.29) is 121 Å². The van der Waals surface area contributed by atoms with E-state index in [1.54, 1.807) is 0 Å². The van der Waals surface area contributed by atoms with Gasteiger partial charge >= 0.3 is 59.7 Å². The molecule has 0 aliphatic carbocycles. The summed E-state index contributed by atoms with van der Waals surface area (Å²) in [6.45, 7) is 10.6. The first-order chi connectivity index (χ1) is 57.1. The van der Waals surface area contributed by atoms with Crippen LogP contribution in [0.5, 0.6) is 5.75 Å². The summed E-state index contributed by atoms with van der Waals surface area (Å²) in [6.07, 6.45) is -17.1. The first-order valence-corrected chi connectivity index (χ1v) is 39.7. The van der Waals surface area contributed by atoms with Gasteiger partial charge in [-0.15, -0.1) is 0 Å². The van der Waals surface area contributed by atoms with E-state index in [1.807, 2.05) is 0 Å². The summed E-state index contributed by atoms with van der Waals surface area (Å²) in [5.41, 5.74) is 0. The summed E-state index contributed by atoms with van der Waals surface area (Å²) >= 11 is 1.02. The molecule has 1 aromatic carbocycles. The van der Waals surface area contributed by atoms with Crippen LogP contribution in [0, 0.1) is 29.1 Å². The highest BCUT2D eigenvalue weighted by atomic mass is 32.2. The predicted molar refractivity (Wildman–Crippen MR) is 399 cm³/mol. The van der Waals surface area contributed by atoms with Gasteiger partial charge in [-0.25, -0.2) is 13.2 Å². The number of carbonyl (C=O) groups excluding carboxylic acids is 17. The summed E-state index contributed by atoms with van der Waals surface area (Å²) in [7, 11) is 0. The van der Waals surface area contributed by atoms with Crippen molar-refractivity contribution in [1.82, 2.24) is 37.2 Å². The Hall–Kier alpha value is -10.0. The molecule has 17 atom stereocenters. The van der Waals surface area contributed by atoms with Crippen LogP contribution in [0.1, 0.15) is 167 Å². The number of carbonyl (C=O) groups is 17. The molecule has 40 nitrogen and oxygen atoms in total. The lowest BCUT2D eigenvalue weighted by Gasteiger charge is -2.44. The van der Waals surface area contributed by atoms with Crippen molar-refractivity contribution in [3.05, 3.63) is 29.1 Å². The molecule has 3 aliphatic heterocycles. The highest BCUT2D eigenvalue weighted by Crippen LogP contribution is 2.34. The molecule has 3 aliphatic rings. The zero-order chi connectivity index (χ0) is 90.3. The van der Waals surface area contributed by atoms with Gasteiger partial charge in [0, 0.05) is 153 Å². The van der Waals surface area contributed by atoms with Gasteiger partial charge in [0.1, 0.15) is 62.3 Å². The van der Waals surface area contributed by atoms with Gasteiger partial charge in [-0.2, -0.15) is 20.5 Å². The van der Waals surface area contributed by atoms with Crippen LogP contribution < -0.4 is 42.0 Å². The second-order valence-corrected chi connectivity index (χ2v) is 28.9. The highest BCUT2D eigenvalue weighted by Gasteiger charge is 2.54. The van der Waals surface area contributed by atoms with Crippen LogP contribution in [0.25, 0.3) is 0 Å². The second kappa shape index (κ2) is 53.0. The molecule has 680 valence electrons. The molecule has 0 saturated carbocycles. The molecule has 3 heterocycles. The van der Waals surface area contributed by atoms with Crippen LogP contribution >= 0.6 is 11.8 Å². The average molecular weight is 1760 g/mol. The molecule has 7 amide bonds. The Morgan fingerprint density at radius 1 is 0.364 bits per heavy atom. The van der Waals surface area contributed by atoms with Crippen molar-refractivity contribution in [2.24, 2.45) is 0 Å². The summed E-state index contributed by atoms with van der Waals surface area (Å²) in [6, 6.07) is -6.22. The molecule has 0 unspecified atom stereocenters. The van der Waals surface area contributed by atoms with Gasteiger partial charge in [-0.1, -0.05) is 6.42 Å². The van der Waals surface area contributed by atoms with Crippen LogP contribution in [0.4, 0.5) is 22.0 Å². The summed E-state index contributed by atoms with van der Waals surface area (Å²) in [5, 5.41) is 18.7.